The van der Waals surface area contributed by atoms with Gasteiger partial charge in [-0.2, -0.15) is 0 Å². The number of likely N-dealkylation sites (N-methyl/N-ethyl adjacent to an activating group) is 1. The molecule has 5 heteroatoms. The van der Waals surface area contributed by atoms with Crippen LogP contribution in [0.1, 0.15) is 30.7 Å². The first-order valence-electron chi connectivity index (χ1n) is 5.25. The average Bonchev–Trinajstić information content (AvgIpc) is 2.80. The van der Waals surface area contributed by atoms with Crippen LogP contribution in [0, 0.1) is 0 Å². The van der Waals surface area contributed by atoms with Crippen LogP contribution < -0.4 is 5.32 Å². The van der Waals surface area contributed by atoms with E-state index in [0.29, 0.717) is 0 Å². The molecule has 0 spiro atoms. The molecule has 1 aromatic rings. The lowest BCUT2D eigenvalue weighted by atomic mass is 10.1. The Bertz CT molecular complexity index is 323. The van der Waals surface area contributed by atoms with Gasteiger partial charge in [-0.05, 0) is 37.0 Å². The van der Waals surface area contributed by atoms with E-state index in [1.54, 1.807) is 6.20 Å². The summed E-state index contributed by atoms with van der Waals surface area (Å²) < 4.78 is 9.56. The summed E-state index contributed by atoms with van der Waals surface area (Å²) in [4.78, 5) is 1.12. The van der Waals surface area contributed by atoms with Gasteiger partial charge in [0.15, 0.2) is 0 Å². The first-order valence-corrected chi connectivity index (χ1v) is 6.02. The fraction of sp³-hybridized carbons (Fsp3) is 0.600. The summed E-state index contributed by atoms with van der Waals surface area (Å²) in [5.74, 6) is 1.02. The number of nitrogens with one attached hydrogen (secondary N) is 1. The third-order valence-corrected chi connectivity index (χ3v) is 3.05. The molecule has 0 aliphatic carbocycles. The maximum absolute atomic E-state index is 5.67. The molecule has 1 unspecified atom stereocenters. The predicted octanol–water partition coefficient (Wildman–Crippen LogP) is 1.88. The van der Waals surface area contributed by atoms with E-state index in [1.807, 2.05) is 0 Å². The minimum absolute atomic E-state index is 0.135. The van der Waals surface area contributed by atoms with Crippen LogP contribution in [0.25, 0.3) is 0 Å². The van der Waals surface area contributed by atoms with Crippen LogP contribution in [0.4, 0.5) is 0 Å². The molecule has 0 radical (unpaired) electrons. The van der Waals surface area contributed by atoms with Gasteiger partial charge in [0.1, 0.15) is 11.8 Å². The second kappa shape index (κ2) is 5.23. The molecule has 1 N–H and O–H groups in total. The Kier molecular flexibility index (Phi) is 3.69. The highest BCUT2D eigenvalue weighted by atomic mass is 32.1. The number of allylic oxidation sites excluding steroid dienone is 1. The fourth-order valence-electron chi connectivity index (χ4n) is 1.63. The fourth-order valence-corrected chi connectivity index (χ4v) is 2.21. The van der Waals surface area contributed by atoms with Gasteiger partial charge in [0.2, 0.25) is 0 Å². The van der Waals surface area contributed by atoms with Crippen LogP contribution in [0.3, 0.4) is 0 Å². The molecule has 0 saturated carbocycles. The topological polar surface area (TPSA) is 47.0 Å². The van der Waals surface area contributed by atoms with E-state index in [9.17, 15) is 0 Å². The number of hydrogen-bond acceptors (Lipinski definition) is 5. The van der Waals surface area contributed by atoms with Crippen molar-refractivity contribution < 1.29 is 4.74 Å². The van der Waals surface area contributed by atoms with Crippen molar-refractivity contribution in [1.82, 2.24) is 14.9 Å². The van der Waals surface area contributed by atoms with E-state index in [1.165, 1.54) is 11.5 Å². The maximum atomic E-state index is 5.67. The van der Waals surface area contributed by atoms with Crippen molar-refractivity contribution in [3.05, 3.63) is 22.9 Å². The second-order valence-corrected chi connectivity index (χ2v) is 4.23. The summed E-state index contributed by atoms with van der Waals surface area (Å²) in [6.45, 7) is 3.81. The first kappa shape index (κ1) is 10.6. The van der Waals surface area contributed by atoms with Gasteiger partial charge in [0.05, 0.1) is 17.7 Å². The van der Waals surface area contributed by atoms with Crippen LogP contribution in [0.2, 0.25) is 0 Å². The molecule has 1 atom stereocenters. The largest absolute Gasteiger partial charge is 0.496 e. The number of rotatable bonds is 4. The second-order valence-electron chi connectivity index (χ2n) is 3.41. The molecule has 15 heavy (non-hydrogen) atoms. The van der Waals surface area contributed by atoms with E-state index in [2.05, 4.69) is 27.9 Å². The minimum Gasteiger partial charge on any atom is -0.496 e. The zero-order chi connectivity index (χ0) is 10.5. The zero-order valence-corrected chi connectivity index (χ0v) is 9.59. The third kappa shape index (κ3) is 2.54. The Balaban J connectivity index is 2.15. The van der Waals surface area contributed by atoms with Gasteiger partial charge < -0.3 is 10.1 Å². The van der Waals surface area contributed by atoms with Crippen molar-refractivity contribution in [2.24, 2.45) is 0 Å². The minimum atomic E-state index is 0.135. The SMILES string of the molecule is CCNC(C1=CCCCO1)c1cnns1. The molecule has 0 saturated heterocycles. The van der Waals surface area contributed by atoms with Crippen molar-refractivity contribution >= 4 is 11.5 Å². The predicted molar refractivity (Wildman–Crippen MR) is 59.6 cm³/mol. The normalized spacial score (nSPS) is 18.1. The van der Waals surface area contributed by atoms with Gasteiger partial charge in [0.25, 0.3) is 0 Å². The van der Waals surface area contributed by atoms with E-state index < -0.39 is 0 Å². The van der Waals surface area contributed by atoms with Gasteiger partial charge in [-0.25, -0.2) is 0 Å². The highest BCUT2D eigenvalue weighted by Crippen LogP contribution is 2.27. The summed E-state index contributed by atoms with van der Waals surface area (Å²) >= 11 is 1.42. The van der Waals surface area contributed by atoms with Gasteiger partial charge in [-0.3, -0.25) is 0 Å². The first-order chi connectivity index (χ1) is 7.42. The van der Waals surface area contributed by atoms with E-state index >= 15 is 0 Å². The van der Waals surface area contributed by atoms with E-state index in [4.69, 9.17) is 4.74 Å². The summed E-state index contributed by atoms with van der Waals surface area (Å²) in [6.07, 6.45) is 6.18. The van der Waals surface area contributed by atoms with Gasteiger partial charge >= 0.3 is 0 Å². The van der Waals surface area contributed by atoms with Crippen LogP contribution in [-0.2, 0) is 4.74 Å². The van der Waals surface area contributed by atoms with Gasteiger partial charge in [-0.1, -0.05) is 11.4 Å². The quantitative estimate of drug-likeness (QED) is 0.850. The number of hydrogen-bond donors (Lipinski definition) is 1. The maximum Gasteiger partial charge on any atom is 0.114 e. The highest BCUT2D eigenvalue weighted by molar-refractivity contribution is 7.05. The molecule has 1 aromatic heterocycles. The van der Waals surface area contributed by atoms with Gasteiger partial charge in [0, 0.05) is 0 Å². The lowest BCUT2D eigenvalue weighted by Gasteiger charge is -2.22. The van der Waals surface area contributed by atoms with Crippen molar-refractivity contribution in [3.8, 4) is 0 Å². The van der Waals surface area contributed by atoms with Crippen LogP contribution >= 0.6 is 11.5 Å². The van der Waals surface area contributed by atoms with Crippen molar-refractivity contribution in [2.75, 3.05) is 13.2 Å². The van der Waals surface area contributed by atoms with Crippen LogP contribution in [0.15, 0.2) is 18.0 Å². The van der Waals surface area contributed by atoms with E-state index in [-0.39, 0.29) is 6.04 Å². The molecule has 1 aliphatic rings. The standard InChI is InChI=1S/C10H15N3OS/c1-2-11-10(9-7-12-13-15-9)8-5-3-4-6-14-8/h5,7,10-11H,2-4,6H2,1H3. The molecule has 2 rings (SSSR count). The Morgan fingerprint density at radius 1 is 1.67 bits per heavy atom. The molecule has 2 heterocycles. The monoisotopic (exact) mass is 225 g/mol. The smallest absolute Gasteiger partial charge is 0.114 e. The lowest BCUT2D eigenvalue weighted by molar-refractivity contribution is 0.169. The van der Waals surface area contributed by atoms with Gasteiger partial charge in [-0.15, -0.1) is 5.10 Å². The molecular weight excluding hydrogens is 210 g/mol. The third-order valence-electron chi connectivity index (χ3n) is 2.32. The molecule has 0 aromatic carbocycles. The molecule has 1 aliphatic heterocycles. The summed E-state index contributed by atoms with van der Waals surface area (Å²) in [7, 11) is 0. The van der Waals surface area contributed by atoms with Crippen LogP contribution in [-0.4, -0.2) is 22.7 Å². The number of ether oxygens (including phenoxy) is 1. The average molecular weight is 225 g/mol. The molecule has 0 amide bonds. The number of nitrogens with zero attached hydrogens (tertiary/aromatic N) is 2. The summed E-state index contributed by atoms with van der Waals surface area (Å²) in [6, 6.07) is 0.135. The Morgan fingerprint density at radius 3 is 3.20 bits per heavy atom. The zero-order valence-electron chi connectivity index (χ0n) is 8.77. The lowest BCUT2D eigenvalue weighted by Crippen LogP contribution is -2.24. The Morgan fingerprint density at radius 2 is 2.60 bits per heavy atom. The number of aromatic nitrogens is 2. The van der Waals surface area contributed by atoms with Crippen molar-refractivity contribution in [1.29, 1.82) is 0 Å². The molecule has 0 bridgehead atoms. The molecule has 0 fully saturated rings. The molecule has 82 valence electrons. The van der Waals surface area contributed by atoms with Crippen molar-refractivity contribution in [2.45, 2.75) is 25.8 Å². The molecule has 4 nitrogen and oxygen atoms in total. The Hall–Kier alpha value is -0.940. The van der Waals surface area contributed by atoms with Crippen LogP contribution in [0.5, 0.6) is 0 Å². The summed E-state index contributed by atoms with van der Waals surface area (Å²) in [5, 5.41) is 7.26. The van der Waals surface area contributed by atoms with E-state index in [0.717, 1.165) is 36.6 Å². The van der Waals surface area contributed by atoms with Crippen molar-refractivity contribution in [3.63, 3.8) is 0 Å². The summed E-state index contributed by atoms with van der Waals surface area (Å²) in [5.41, 5.74) is 0. The highest BCUT2D eigenvalue weighted by Gasteiger charge is 2.20. The molecular formula is C10H15N3OS. The Labute approximate surface area is 93.5 Å².